The standard InChI is InChI=1S/C24H19Cl2N2O/c25-19-5-1-16(2-6-19)14-27-11-10-22-18(15-27)9-12-28(22)23-8-4-17-3-7-20(26)13-21(17)24(23)29/h1-3,5-7,9-13,15,23H,4,8,14H2/q+1. The highest BCUT2D eigenvalue weighted by Gasteiger charge is 2.29. The van der Waals surface area contributed by atoms with Gasteiger partial charge < -0.3 is 4.57 Å². The number of aromatic nitrogens is 2. The smallest absolute Gasteiger partial charge is 0.185 e. The molecule has 1 aliphatic carbocycles. The van der Waals surface area contributed by atoms with Crippen molar-refractivity contribution in [2.75, 3.05) is 0 Å². The Balaban J connectivity index is 1.46. The molecule has 1 aliphatic rings. The highest BCUT2D eigenvalue weighted by atomic mass is 35.5. The Morgan fingerprint density at radius 2 is 1.79 bits per heavy atom. The highest BCUT2D eigenvalue weighted by Crippen LogP contribution is 2.32. The SMILES string of the molecule is O=C1c2cc(Cl)ccc2CCC1n1ccc2c[n+](Cc3ccc(Cl)cc3)ccc21. The van der Waals surface area contributed by atoms with E-state index in [1.807, 2.05) is 42.6 Å². The number of carbonyl (C=O) groups is 1. The number of hydrogen-bond acceptors (Lipinski definition) is 1. The minimum Gasteiger partial charge on any atom is -0.336 e. The summed E-state index contributed by atoms with van der Waals surface area (Å²) in [5.74, 6) is 0.143. The molecular weight excluding hydrogens is 403 g/mol. The van der Waals surface area contributed by atoms with Crippen LogP contribution in [0.5, 0.6) is 0 Å². The van der Waals surface area contributed by atoms with Crippen molar-refractivity contribution in [1.29, 1.82) is 0 Å². The average molecular weight is 422 g/mol. The van der Waals surface area contributed by atoms with Gasteiger partial charge in [0.05, 0.1) is 16.9 Å². The molecule has 29 heavy (non-hydrogen) atoms. The van der Waals surface area contributed by atoms with E-state index >= 15 is 0 Å². The number of aryl methyl sites for hydroxylation is 1. The van der Waals surface area contributed by atoms with Crippen molar-refractivity contribution in [2.45, 2.75) is 25.4 Å². The molecule has 0 aliphatic heterocycles. The summed E-state index contributed by atoms with van der Waals surface area (Å²) in [5, 5.41) is 2.47. The van der Waals surface area contributed by atoms with E-state index in [0.29, 0.717) is 5.02 Å². The minimum absolute atomic E-state index is 0.143. The number of halogens is 2. The fourth-order valence-corrected chi connectivity index (χ4v) is 4.49. The lowest BCUT2D eigenvalue weighted by Gasteiger charge is -2.25. The number of pyridine rings is 1. The Kier molecular flexibility index (Phi) is 4.65. The van der Waals surface area contributed by atoms with E-state index in [9.17, 15) is 4.79 Å². The summed E-state index contributed by atoms with van der Waals surface area (Å²) in [6.45, 7) is 0.770. The van der Waals surface area contributed by atoms with Crippen LogP contribution in [0.4, 0.5) is 0 Å². The average Bonchev–Trinajstić information content (AvgIpc) is 3.13. The molecule has 0 spiro atoms. The predicted octanol–water partition coefficient (Wildman–Crippen LogP) is 5.65. The van der Waals surface area contributed by atoms with Gasteiger partial charge in [-0.05, 0) is 48.7 Å². The molecule has 0 radical (unpaired) electrons. The number of hydrogen-bond donors (Lipinski definition) is 0. The third-order valence-corrected chi connectivity index (χ3v) is 6.15. The first-order valence-electron chi connectivity index (χ1n) is 9.65. The molecule has 0 N–H and O–H groups in total. The van der Waals surface area contributed by atoms with Gasteiger partial charge in [0.25, 0.3) is 0 Å². The van der Waals surface area contributed by atoms with Crippen LogP contribution in [0, 0.1) is 0 Å². The maximum Gasteiger partial charge on any atom is 0.185 e. The van der Waals surface area contributed by atoms with Gasteiger partial charge in [-0.1, -0.05) is 41.4 Å². The fourth-order valence-electron chi connectivity index (χ4n) is 4.19. The zero-order chi connectivity index (χ0) is 20.0. The van der Waals surface area contributed by atoms with Gasteiger partial charge in [0.1, 0.15) is 0 Å². The summed E-state index contributed by atoms with van der Waals surface area (Å²) < 4.78 is 4.25. The zero-order valence-corrected chi connectivity index (χ0v) is 17.2. The Hall–Kier alpha value is -2.62. The number of Topliss-reactive ketones (excluding diaryl/α,β-unsaturated/α-hetero) is 1. The molecule has 2 aromatic carbocycles. The lowest BCUT2D eigenvalue weighted by molar-refractivity contribution is -0.687. The Morgan fingerprint density at radius 3 is 2.62 bits per heavy atom. The van der Waals surface area contributed by atoms with E-state index in [1.165, 1.54) is 5.56 Å². The fraction of sp³-hybridized carbons (Fsp3) is 0.167. The molecule has 2 aromatic heterocycles. The van der Waals surface area contributed by atoms with Crippen LogP contribution < -0.4 is 4.57 Å². The van der Waals surface area contributed by atoms with Crippen molar-refractivity contribution in [3.8, 4) is 0 Å². The van der Waals surface area contributed by atoms with Crippen molar-refractivity contribution >= 4 is 39.9 Å². The van der Waals surface area contributed by atoms with Crippen LogP contribution in [0.15, 0.2) is 73.2 Å². The molecule has 5 heteroatoms. The molecule has 0 saturated carbocycles. The molecule has 2 heterocycles. The van der Waals surface area contributed by atoms with E-state index in [-0.39, 0.29) is 11.8 Å². The van der Waals surface area contributed by atoms with Crippen LogP contribution in [0.25, 0.3) is 10.9 Å². The largest absolute Gasteiger partial charge is 0.336 e. The number of nitrogens with zero attached hydrogens (tertiary/aromatic N) is 2. The van der Waals surface area contributed by atoms with Crippen molar-refractivity contribution in [1.82, 2.24) is 4.57 Å². The van der Waals surface area contributed by atoms with Gasteiger partial charge in [-0.3, -0.25) is 4.79 Å². The topological polar surface area (TPSA) is 25.9 Å². The molecule has 3 nitrogen and oxygen atoms in total. The van der Waals surface area contributed by atoms with Crippen LogP contribution in [-0.2, 0) is 13.0 Å². The van der Waals surface area contributed by atoms with E-state index < -0.39 is 0 Å². The first kappa shape index (κ1) is 18.4. The van der Waals surface area contributed by atoms with E-state index in [1.54, 1.807) is 6.07 Å². The molecule has 0 fully saturated rings. The Bertz CT molecular complexity index is 1230. The normalized spacial score (nSPS) is 16.2. The van der Waals surface area contributed by atoms with Gasteiger partial charge in [-0.2, -0.15) is 0 Å². The van der Waals surface area contributed by atoms with Crippen LogP contribution in [0.2, 0.25) is 10.0 Å². The Morgan fingerprint density at radius 1 is 1.00 bits per heavy atom. The number of benzene rings is 2. The number of rotatable bonds is 3. The van der Waals surface area contributed by atoms with Gasteiger partial charge in [-0.15, -0.1) is 0 Å². The summed E-state index contributed by atoms with van der Waals surface area (Å²) in [6.07, 6.45) is 7.89. The lowest BCUT2D eigenvalue weighted by Crippen LogP contribution is -2.33. The molecule has 0 saturated heterocycles. The quantitative estimate of drug-likeness (QED) is 0.392. The maximum absolute atomic E-state index is 13.2. The van der Waals surface area contributed by atoms with Crippen LogP contribution in [0.1, 0.15) is 33.9 Å². The van der Waals surface area contributed by atoms with Gasteiger partial charge >= 0.3 is 0 Å². The van der Waals surface area contributed by atoms with Gasteiger partial charge in [-0.25, -0.2) is 4.57 Å². The van der Waals surface area contributed by atoms with Crippen molar-refractivity contribution in [2.24, 2.45) is 0 Å². The first-order chi connectivity index (χ1) is 14.1. The third-order valence-electron chi connectivity index (χ3n) is 5.66. The molecule has 4 aromatic rings. The first-order valence-corrected chi connectivity index (χ1v) is 10.4. The minimum atomic E-state index is -0.189. The van der Waals surface area contributed by atoms with Crippen molar-refractivity contribution < 1.29 is 9.36 Å². The van der Waals surface area contributed by atoms with Crippen LogP contribution >= 0.6 is 23.2 Å². The van der Waals surface area contributed by atoms with Gasteiger partial charge in [0, 0.05) is 33.4 Å². The summed E-state index contributed by atoms with van der Waals surface area (Å²) in [7, 11) is 0. The van der Waals surface area contributed by atoms with Gasteiger partial charge in [0.15, 0.2) is 24.7 Å². The maximum atomic E-state index is 13.2. The Labute approximate surface area is 179 Å². The molecule has 5 rings (SSSR count). The molecule has 0 bridgehead atoms. The van der Waals surface area contributed by atoms with E-state index in [4.69, 9.17) is 23.2 Å². The molecule has 1 unspecified atom stereocenters. The third kappa shape index (κ3) is 3.45. The van der Waals surface area contributed by atoms with Crippen molar-refractivity contribution in [3.63, 3.8) is 0 Å². The number of carbonyl (C=O) groups excluding carboxylic acids is 1. The van der Waals surface area contributed by atoms with Crippen LogP contribution in [0.3, 0.4) is 0 Å². The second kappa shape index (κ2) is 7.33. The second-order valence-electron chi connectivity index (χ2n) is 7.53. The van der Waals surface area contributed by atoms with E-state index in [2.05, 4.69) is 33.7 Å². The second-order valence-corrected chi connectivity index (χ2v) is 8.40. The monoisotopic (exact) mass is 421 g/mol. The highest BCUT2D eigenvalue weighted by molar-refractivity contribution is 6.31. The summed E-state index contributed by atoms with van der Waals surface area (Å²) in [6, 6.07) is 17.5. The zero-order valence-electron chi connectivity index (χ0n) is 15.7. The molecule has 1 atom stereocenters. The summed E-state index contributed by atoms with van der Waals surface area (Å²) in [4.78, 5) is 13.2. The number of fused-ring (bicyclic) bond motifs is 2. The molecule has 0 amide bonds. The van der Waals surface area contributed by atoms with Crippen LogP contribution in [-0.4, -0.2) is 10.4 Å². The summed E-state index contributed by atoms with van der Waals surface area (Å²) >= 11 is 12.1. The van der Waals surface area contributed by atoms with Crippen molar-refractivity contribution in [3.05, 3.63) is 99.9 Å². The van der Waals surface area contributed by atoms with E-state index in [0.717, 1.165) is 46.4 Å². The molecule has 144 valence electrons. The molecular formula is C24H19Cl2N2O+. The summed E-state index contributed by atoms with van der Waals surface area (Å²) in [5.41, 5.74) is 4.10. The predicted molar refractivity (Wildman–Crippen MR) is 116 cm³/mol. The lowest BCUT2D eigenvalue weighted by atomic mass is 9.87. The number of ketones is 1. The van der Waals surface area contributed by atoms with Gasteiger partial charge in [0.2, 0.25) is 0 Å².